The normalized spacial score (nSPS) is 11.3. The quantitative estimate of drug-likeness (QED) is 0.0471. The number of carbonyl (C=O) groups excluding carboxylic acids is 1. The number of benzene rings is 5. The van der Waals surface area contributed by atoms with Crippen LogP contribution in [0.3, 0.4) is 0 Å². The van der Waals surface area contributed by atoms with E-state index in [4.69, 9.17) is 37.7 Å². The summed E-state index contributed by atoms with van der Waals surface area (Å²) in [7, 11) is 2.17. The fraction of sp³-hybridized carbons (Fsp3) is 0.227. The number of aromatic hydroxyl groups is 1. The molecule has 56 heavy (non-hydrogen) atoms. The van der Waals surface area contributed by atoms with Crippen LogP contribution in [0.5, 0.6) is 11.5 Å². The third-order valence-corrected chi connectivity index (χ3v) is 12.1. The SMILES string of the molecule is CO[Si](CCCNCCC(=O)OCCOc1ccc(-c2nc(-c3ccc(-c4ccccc4)cc3)nc(-c3ccc(-c4ccccc4)cc3)n2)c(O)c1)(OC)OC. The Morgan fingerprint density at radius 2 is 1.11 bits per heavy atom. The van der Waals surface area contributed by atoms with E-state index in [1.807, 2.05) is 84.9 Å². The number of rotatable bonds is 19. The fourth-order valence-electron chi connectivity index (χ4n) is 6.12. The van der Waals surface area contributed by atoms with E-state index >= 15 is 0 Å². The fourth-order valence-corrected chi connectivity index (χ4v) is 7.84. The van der Waals surface area contributed by atoms with Gasteiger partial charge in [0.15, 0.2) is 17.5 Å². The lowest BCUT2D eigenvalue weighted by molar-refractivity contribution is -0.144. The van der Waals surface area contributed by atoms with E-state index in [-0.39, 0.29) is 31.4 Å². The predicted molar refractivity (Wildman–Crippen MR) is 219 cm³/mol. The first-order valence-corrected chi connectivity index (χ1v) is 20.4. The van der Waals surface area contributed by atoms with Gasteiger partial charge in [0, 0.05) is 51.1 Å². The number of nitrogens with one attached hydrogen (secondary N) is 1. The van der Waals surface area contributed by atoms with E-state index in [1.54, 1.807) is 33.5 Å². The Kier molecular flexibility index (Phi) is 14.0. The number of esters is 1. The van der Waals surface area contributed by atoms with Gasteiger partial charge in [-0.2, -0.15) is 0 Å². The third-order valence-electron chi connectivity index (χ3n) is 9.24. The van der Waals surface area contributed by atoms with E-state index in [9.17, 15) is 9.90 Å². The van der Waals surface area contributed by atoms with Crippen molar-refractivity contribution in [1.29, 1.82) is 0 Å². The van der Waals surface area contributed by atoms with Gasteiger partial charge in [-0.05, 0) is 47.4 Å². The zero-order valence-corrected chi connectivity index (χ0v) is 32.8. The molecule has 1 aromatic heterocycles. The molecule has 0 bridgehead atoms. The van der Waals surface area contributed by atoms with Crippen molar-refractivity contribution in [1.82, 2.24) is 20.3 Å². The Balaban J connectivity index is 1.10. The van der Waals surface area contributed by atoms with E-state index in [2.05, 4.69) is 29.6 Å². The van der Waals surface area contributed by atoms with Crippen molar-refractivity contribution >= 4 is 14.8 Å². The number of phenolic OH excluding ortho intramolecular Hbond substituents is 1. The maximum Gasteiger partial charge on any atom is 0.500 e. The van der Waals surface area contributed by atoms with Gasteiger partial charge in [-0.25, -0.2) is 15.0 Å². The largest absolute Gasteiger partial charge is 0.507 e. The molecule has 0 atom stereocenters. The molecule has 0 saturated carbocycles. The summed E-state index contributed by atoms with van der Waals surface area (Å²) in [5.41, 5.74) is 6.42. The van der Waals surface area contributed by atoms with Crippen molar-refractivity contribution in [2.24, 2.45) is 0 Å². The molecule has 0 aliphatic carbocycles. The molecule has 0 saturated heterocycles. The van der Waals surface area contributed by atoms with Gasteiger partial charge >= 0.3 is 14.8 Å². The van der Waals surface area contributed by atoms with Crippen molar-refractivity contribution < 1.29 is 32.7 Å². The lowest BCUT2D eigenvalue weighted by Gasteiger charge is -2.24. The van der Waals surface area contributed by atoms with E-state index < -0.39 is 8.80 Å². The molecule has 11 nitrogen and oxygen atoms in total. The van der Waals surface area contributed by atoms with Crippen molar-refractivity contribution in [3.8, 4) is 67.9 Å². The van der Waals surface area contributed by atoms with Gasteiger partial charge in [0.05, 0.1) is 12.0 Å². The molecule has 6 aromatic rings. The van der Waals surface area contributed by atoms with E-state index in [0.29, 0.717) is 47.9 Å². The highest BCUT2D eigenvalue weighted by molar-refractivity contribution is 6.60. The molecule has 12 heteroatoms. The van der Waals surface area contributed by atoms with E-state index in [1.165, 1.54) is 6.07 Å². The third kappa shape index (κ3) is 10.5. The van der Waals surface area contributed by atoms with Crippen LogP contribution in [0.25, 0.3) is 56.4 Å². The minimum absolute atomic E-state index is 0.0612. The summed E-state index contributed by atoms with van der Waals surface area (Å²) < 4.78 is 27.4. The highest BCUT2D eigenvalue weighted by Gasteiger charge is 2.36. The molecule has 0 amide bonds. The number of aromatic nitrogens is 3. The molecule has 0 aliphatic rings. The van der Waals surface area contributed by atoms with Gasteiger partial charge in [-0.15, -0.1) is 0 Å². The zero-order chi connectivity index (χ0) is 39.2. The van der Waals surface area contributed by atoms with Crippen LogP contribution in [0.1, 0.15) is 12.8 Å². The summed E-state index contributed by atoms with van der Waals surface area (Å²) in [6.07, 6.45) is 1.01. The van der Waals surface area contributed by atoms with Gasteiger partial charge < -0.3 is 33.2 Å². The summed E-state index contributed by atoms with van der Waals surface area (Å²) in [5, 5.41) is 14.4. The van der Waals surface area contributed by atoms with Crippen molar-refractivity contribution in [2.75, 3.05) is 47.6 Å². The zero-order valence-electron chi connectivity index (χ0n) is 31.8. The summed E-state index contributed by atoms with van der Waals surface area (Å²) in [6, 6.07) is 42.1. The van der Waals surface area contributed by atoms with Crippen LogP contribution >= 0.6 is 0 Å². The van der Waals surface area contributed by atoms with Crippen LogP contribution in [0.2, 0.25) is 6.04 Å². The average Bonchev–Trinajstić information content (AvgIpc) is 3.26. The standard InChI is InChI=1S/C44H46N4O7Si/c1-51-56(52-2,53-3)30-10-26-45-27-25-41(50)55-29-28-54-38-23-24-39(40(49)31-38)44-47-42(36-19-15-34(16-20-36)32-11-6-4-7-12-32)46-43(48-44)37-21-17-35(18-22-37)33-13-8-5-9-14-33/h4-9,11-24,31,45,49H,10,25-30H2,1-3H3. The lowest BCUT2D eigenvalue weighted by atomic mass is 10.0. The minimum Gasteiger partial charge on any atom is -0.507 e. The molecule has 1 heterocycles. The van der Waals surface area contributed by atoms with Crippen LogP contribution in [0, 0.1) is 0 Å². The van der Waals surface area contributed by atoms with Crippen molar-refractivity contribution in [3.63, 3.8) is 0 Å². The van der Waals surface area contributed by atoms with Gasteiger partial charge in [-0.3, -0.25) is 4.79 Å². The van der Waals surface area contributed by atoms with Gasteiger partial charge in [0.1, 0.15) is 24.7 Å². The Bertz CT molecular complexity index is 2040. The molecule has 0 aliphatic heterocycles. The summed E-state index contributed by atoms with van der Waals surface area (Å²) in [5.74, 6) is 1.28. The summed E-state index contributed by atoms with van der Waals surface area (Å²) in [4.78, 5) is 26.7. The maximum atomic E-state index is 12.2. The van der Waals surface area contributed by atoms with Crippen LogP contribution in [-0.2, 0) is 22.8 Å². The van der Waals surface area contributed by atoms with Crippen LogP contribution in [0.4, 0.5) is 0 Å². The first-order chi connectivity index (χ1) is 27.4. The van der Waals surface area contributed by atoms with Crippen LogP contribution in [-0.4, -0.2) is 82.5 Å². The van der Waals surface area contributed by atoms with Crippen molar-refractivity contribution in [3.05, 3.63) is 127 Å². The number of hydrogen-bond acceptors (Lipinski definition) is 11. The topological polar surface area (TPSA) is 134 Å². The molecule has 0 spiro atoms. The minimum atomic E-state index is -2.60. The molecule has 6 rings (SSSR count). The molecular weight excluding hydrogens is 725 g/mol. The van der Waals surface area contributed by atoms with Crippen molar-refractivity contribution in [2.45, 2.75) is 18.9 Å². The lowest BCUT2D eigenvalue weighted by Crippen LogP contribution is -2.43. The smallest absolute Gasteiger partial charge is 0.500 e. The predicted octanol–water partition coefficient (Wildman–Crippen LogP) is 8.08. The molecular formula is C44H46N4O7Si. The first-order valence-electron chi connectivity index (χ1n) is 18.5. The highest BCUT2D eigenvalue weighted by Crippen LogP contribution is 2.34. The van der Waals surface area contributed by atoms with Gasteiger partial charge in [-0.1, -0.05) is 109 Å². The van der Waals surface area contributed by atoms with E-state index in [0.717, 1.165) is 39.8 Å². The molecule has 5 aromatic carbocycles. The Hall–Kier alpha value is -5.76. The molecule has 0 radical (unpaired) electrons. The molecule has 0 fully saturated rings. The highest BCUT2D eigenvalue weighted by atomic mass is 28.4. The summed E-state index contributed by atoms with van der Waals surface area (Å²) in [6.45, 7) is 1.36. The number of phenols is 1. The Morgan fingerprint density at radius 1 is 0.607 bits per heavy atom. The first kappa shape index (κ1) is 39.9. The number of nitrogens with zero attached hydrogens (tertiary/aromatic N) is 3. The second kappa shape index (κ2) is 19.7. The Morgan fingerprint density at radius 3 is 1.62 bits per heavy atom. The monoisotopic (exact) mass is 770 g/mol. The molecule has 288 valence electrons. The average molecular weight is 771 g/mol. The van der Waals surface area contributed by atoms with Gasteiger partial charge in [0.25, 0.3) is 0 Å². The molecule has 0 unspecified atom stereocenters. The number of carbonyl (C=O) groups is 1. The Labute approximate surface area is 328 Å². The molecule has 2 N–H and O–H groups in total. The van der Waals surface area contributed by atoms with Crippen LogP contribution < -0.4 is 10.1 Å². The maximum absolute atomic E-state index is 12.2. The second-order valence-electron chi connectivity index (χ2n) is 12.8. The van der Waals surface area contributed by atoms with Gasteiger partial charge in [0.2, 0.25) is 0 Å². The number of ether oxygens (including phenoxy) is 2. The van der Waals surface area contributed by atoms with Crippen LogP contribution in [0.15, 0.2) is 127 Å². The second-order valence-corrected chi connectivity index (χ2v) is 15.9. The number of hydrogen-bond donors (Lipinski definition) is 2. The summed E-state index contributed by atoms with van der Waals surface area (Å²) >= 11 is 0.